The van der Waals surface area contributed by atoms with E-state index in [4.69, 9.17) is 16.3 Å². The molecule has 7 heteroatoms. The Balaban J connectivity index is 1.77. The highest BCUT2D eigenvalue weighted by molar-refractivity contribution is 8.03. The first-order valence-corrected chi connectivity index (χ1v) is 10.1. The minimum Gasteiger partial charge on any atom is -0.497 e. The molecule has 142 valence electrons. The van der Waals surface area contributed by atoms with Gasteiger partial charge in [0, 0.05) is 22.9 Å². The van der Waals surface area contributed by atoms with Gasteiger partial charge >= 0.3 is 0 Å². The third-order valence-electron chi connectivity index (χ3n) is 5.14. The first-order valence-electron chi connectivity index (χ1n) is 8.70. The second-order valence-corrected chi connectivity index (χ2v) is 8.10. The summed E-state index contributed by atoms with van der Waals surface area (Å²) in [5.74, 6) is 0.425. The van der Waals surface area contributed by atoms with E-state index in [0.717, 1.165) is 5.56 Å². The van der Waals surface area contributed by atoms with Crippen LogP contribution in [-0.4, -0.2) is 28.8 Å². The number of thioether (sulfide) groups is 1. The number of methoxy groups -OCH3 is 1. The fourth-order valence-corrected chi connectivity index (χ4v) is 5.16. The largest absolute Gasteiger partial charge is 0.497 e. The lowest BCUT2D eigenvalue weighted by Crippen LogP contribution is -2.48. The van der Waals surface area contributed by atoms with Crippen LogP contribution in [0.15, 0.2) is 59.1 Å². The van der Waals surface area contributed by atoms with Gasteiger partial charge in [0.25, 0.3) is 0 Å². The van der Waals surface area contributed by atoms with Gasteiger partial charge in [0.15, 0.2) is 5.72 Å². The summed E-state index contributed by atoms with van der Waals surface area (Å²) in [7, 11) is 1.59. The maximum Gasteiger partial charge on any atom is 0.231 e. The number of carbonyl (C=O) groups excluding carboxylic acids is 1. The molecule has 28 heavy (non-hydrogen) atoms. The minimum atomic E-state index is -1.49. The number of ether oxygens (including phenoxy) is 1. The third kappa shape index (κ3) is 2.96. The molecule has 2 aromatic carbocycles. The molecule has 2 unspecified atom stereocenters. The van der Waals surface area contributed by atoms with E-state index in [-0.39, 0.29) is 24.0 Å². The smallest absolute Gasteiger partial charge is 0.231 e. The predicted octanol–water partition coefficient (Wildman–Crippen LogP) is 3.99. The van der Waals surface area contributed by atoms with Crippen molar-refractivity contribution < 1.29 is 14.6 Å². The number of amides is 1. The molecule has 1 fully saturated rings. The molecule has 2 aromatic rings. The van der Waals surface area contributed by atoms with Crippen LogP contribution in [0.2, 0.25) is 5.02 Å². The van der Waals surface area contributed by atoms with E-state index in [2.05, 4.69) is 6.07 Å². The SMILES string of the molecule is COc1ccc(C2CC(=O)N3C(=C2C#N)SCC3(O)c2ccc(Cl)cc2)cc1. The maximum absolute atomic E-state index is 13.1. The van der Waals surface area contributed by atoms with Crippen molar-refractivity contribution in [3.63, 3.8) is 0 Å². The van der Waals surface area contributed by atoms with Crippen molar-refractivity contribution in [1.29, 1.82) is 5.26 Å². The molecular weight excluding hydrogens is 396 g/mol. The molecule has 2 atom stereocenters. The predicted molar refractivity (Wildman–Crippen MR) is 108 cm³/mol. The standard InChI is InChI=1S/C21H17ClN2O3S/c1-27-16-8-2-13(3-9-16)17-10-19(25)24-20(18(17)11-23)28-12-21(24,26)14-4-6-15(22)7-5-14/h2-9,17,26H,10,12H2,1H3. The first kappa shape index (κ1) is 18.9. The van der Waals surface area contributed by atoms with Crippen LogP contribution in [0.25, 0.3) is 0 Å². The van der Waals surface area contributed by atoms with Crippen molar-refractivity contribution >= 4 is 29.3 Å². The number of hydrogen-bond donors (Lipinski definition) is 1. The minimum absolute atomic E-state index is 0.120. The molecule has 1 amide bonds. The summed E-state index contributed by atoms with van der Waals surface area (Å²) in [6, 6.07) is 16.4. The highest BCUT2D eigenvalue weighted by atomic mass is 35.5. The second-order valence-electron chi connectivity index (χ2n) is 6.70. The van der Waals surface area contributed by atoms with Crippen LogP contribution in [0.1, 0.15) is 23.5 Å². The van der Waals surface area contributed by atoms with E-state index in [9.17, 15) is 15.2 Å². The average molecular weight is 413 g/mol. The van der Waals surface area contributed by atoms with Gasteiger partial charge in [-0.1, -0.05) is 35.9 Å². The normalized spacial score (nSPS) is 24.1. The summed E-state index contributed by atoms with van der Waals surface area (Å²) >= 11 is 7.28. The van der Waals surface area contributed by atoms with Crippen LogP contribution < -0.4 is 4.74 Å². The summed E-state index contributed by atoms with van der Waals surface area (Å²) < 4.78 is 5.19. The van der Waals surface area contributed by atoms with E-state index < -0.39 is 5.72 Å². The molecule has 2 aliphatic rings. The number of aliphatic hydroxyl groups is 1. The lowest BCUT2D eigenvalue weighted by molar-refractivity contribution is -0.149. The third-order valence-corrected chi connectivity index (χ3v) is 6.61. The van der Waals surface area contributed by atoms with Crippen LogP contribution in [0.4, 0.5) is 0 Å². The van der Waals surface area contributed by atoms with E-state index >= 15 is 0 Å². The highest BCUT2D eigenvalue weighted by Crippen LogP contribution is 2.51. The molecule has 0 aliphatic carbocycles. The van der Waals surface area contributed by atoms with Gasteiger partial charge in [-0.25, -0.2) is 0 Å². The zero-order valence-electron chi connectivity index (χ0n) is 15.1. The summed E-state index contributed by atoms with van der Waals surface area (Å²) in [5.41, 5.74) is 0.460. The molecule has 2 aliphatic heterocycles. The van der Waals surface area contributed by atoms with Gasteiger partial charge in [0.1, 0.15) is 5.75 Å². The van der Waals surface area contributed by atoms with Crippen molar-refractivity contribution in [1.82, 2.24) is 4.90 Å². The van der Waals surface area contributed by atoms with Crippen molar-refractivity contribution in [2.45, 2.75) is 18.1 Å². The maximum atomic E-state index is 13.1. The van der Waals surface area contributed by atoms with Crippen molar-refractivity contribution in [3.8, 4) is 11.8 Å². The molecule has 0 radical (unpaired) electrons. The molecule has 1 saturated heterocycles. The Kier molecular flexibility index (Phi) is 4.84. The number of fused-ring (bicyclic) bond motifs is 1. The molecule has 0 bridgehead atoms. The van der Waals surface area contributed by atoms with Crippen LogP contribution in [0, 0.1) is 11.3 Å². The molecule has 1 N–H and O–H groups in total. The Morgan fingerprint density at radius 2 is 1.93 bits per heavy atom. The van der Waals surface area contributed by atoms with Gasteiger partial charge in [-0.2, -0.15) is 5.26 Å². The Morgan fingerprint density at radius 3 is 2.54 bits per heavy atom. The Morgan fingerprint density at radius 1 is 1.25 bits per heavy atom. The van der Waals surface area contributed by atoms with Gasteiger partial charge in [-0.05, 0) is 29.8 Å². The second kappa shape index (κ2) is 7.17. The van der Waals surface area contributed by atoms with Gasteiger partial charge in [0.2, 0.25) is 5.91 Å². The quantitative estimate of drug-likeness (QED) is 0.825. The van der Waals surface area contributed by atoms with Crippen molar-refractivity contribution in [2.24, 2.45) is 0 Å². The number of allylic oxidation sites excluding steroid dienone is 1. The Bertz CT molecular complexity index is 998. The molecule has 0 aromatic heterocycles. The van der Waals surface area contributed by atoms with E-state index in [1.165, 1.54) is 16.7 Å². The molecule has 5 nitrogen and oxygen atoms in total. The van der Waals surface area contributed by atoms with Crippen LogP contribution in [-0.2, 0) is 10.5 Å². The van der Waals surface area contributed by atoms with Gasteiger partial charge < -0.3 is 9.84 Å². The topological polar surface area (TPSA) is 73.6 Å². The molecule has 4 rings (SSSR count). The van der Waals surface area contributed by atoms with E-state index in [0.29, 0.717) is 26.9 Å². The summed E-state index contributed by atoms with van der Waals surface area (Å²) in [4.78, 5) is 14.4. The van der Waals surface area contributed by atoms with Gasteiger partial charge in [0.05, 0.1) is 29.5 Å². The lowest BCUT2D eigenvalue weighted by atomic mass is 9.85. The number of carbonyl (C=O) groups is 1. The summed E-state index contributed by atoms with van der Waals surface area (Å²) in [5, 5.41) is 22.3. The summed E-state index contributed by atoms with van der Waals surface area (Å²) in [6.07, 6.45) is 0.120. The number of rotatable bonds is 3. The first-order chi connectivity index (χ1) is 13.5. The lowest BCUT2D eigenvalue weighted by Gasteiger charge is -2.38. The molecular formula is C21H17ClN2O3S. The molecule has 0 spiro atoms. The number of nitriles is 1. The van der Waals surface area contributed by atoms with Crippen molar-refractivity contribution in [2.75, 3.05) is 12.9 Å². The zero-order valence-corrected chi connectivity index (χ0v) is 16.6. The molecule has 0 saturated carbocycles. The van der Waals surface area contributed by atoms with Crippen LogP contribution >= 0.6 is 23.4 Å². The van der Waals surface area contributed by atoms with Crippen molar-refractivity contribution in [3.05, 3.63) is 75.3 Å². The highest BCUT2D eigenvalue weighted by Gasteiger charge is 2.51. The number of nitrogens with zero attached hydrogens (tertiary/aromatic N) is 2. The monoisotopic (exact) mass is 412 g/mol. The Labute approximate surface area is 172 Å². The number of benzene rings is 2. The Hall–Kier alpha value is -2.46. The fraction of sp³-hybridized carbons (Fsp3) is 0.238. The molecule has 2 heterocycles. The van der Waals surface area contributed by atoms with Crippen LogP contribution in [0.3, 0.4) is 0 Å². The fourth-order valence-electron chi connectivity index (χ4n) is 3.68. The average Bonchev–Trinajstić information content (AvgIpc) is 3.07. The van der Waals surface area contributed by atoms with Crippen LogP contribution in [0.5, 0.6) is 5.75 Å². The number of halogens is 1. The number of hydrogen-bond acceptors (Lipinski definition) is 5. The zero-order chi connectivity index (χ0) is 19.9. The van der Waals surface area contributed by atoms with Gasteiger partial charge in [-0.3, -0.25) is 9.69 Å². The van der Waals surface area contributed by atoms with E-state index in [1.54, 1.807) is 31.4 Å². The van der Waals surface area contributed by atoms with Gasteiger partial charge in [-0.15, -0.1) is 11.8 Å². The van der Waals surface area contributed by atoms with E-state index in [1.807, 2.05) is 24.3 Å². The summed E-state index contributed by atoms with van der Waals surface area (Å²) in [6.45, 7) is 0.